The minimum Gasteiger partial charge on any atom is -0.305 e. The Morgan fingerprint density at radius 2 is 1.30 bits per heavy atom. The van der Waals surface area contributed by atoms with Crippen LogP contribution in [-0.4, -0.2) is 41.5 Å². The van der Waals surface area contributed by atoms with Gasteiger partial charge in [-0.3, -0.25) is 19.7 Å². The lowest BCUT2D eigenvalue weighted by molar-refractivity contribution is -0.116. The Morgan fingerprint density at radius 1 is 0.784 bits per heavy atom. The van der Waals surface area contributed by atoms with Gasteiger partial charge in [0, 0.05) is 17.5 Å². The second-order valence-corrected chi connectivity index (χ2v) is 11.3. The van der Waals surface area contributed by atoms with Crippen molar-refractivity contribution in [2.75, 3.05) is 13.1 Å². The second-order valence-electron chi connectivity index (χ2n) is 9.68. The normalized spacial score (nSPS) is 23.0. The zero-order chi connectivity index (χ0) is 27.2. The van der Waals surface area contributed by atoms with E-state index < -0.39 is 11.1 Å². The smallest absolute Gasteiger partial charge is 0.183 e. The van der Waals surface area contributed by atoms with E-state index in [4.69, 9.17) is 46.4 Å². The molecule has 2 unspecified atom stereocenters. The monoisotopic (exact) mass is 584 g/mol. The van der Waals surface area contributed by atoms with Crippen molar-refractivity contribution in [2.24, 2.45) is 0 Å². The van der Waals surface area contributed by atoms with E-state index in [1.54, 1.807) is 36.4 Å². The molecule has 2 N–H and O–H groups in total. The Kier molecular flexibility index (Phi) is 10.6. The zero-order valence-corrected chi connectivity index (χ0v) is 24.1. The van der Waals surface area contributed by atoms with Crippen molar-refractivity contribution in [2.45, 2.75) is 69.9 Å². The number of benzene rings is 2. The molecule has 0 saturated carbocycles. The summed E-state index contributed by atoms with van der Waals surface area (Å²) in [6, 6.07) is 9.93. The van der Waals surface area contributed by atoms with Gasteiger partial charge >= 0.3 is 0 Å². The molecule has 0 bridgehead atoms. The van der Waals surface area contributed by atoms with Crippen LogP contribution < -0.4 is 10.6 Å². The van der Waals surface area contributed by atoms with Crippen molar-refractivity contribution in [1.82, 2.24) is 10.6 Å². The van der Waals surface area contributed by atoms with Gasteiger partial charge in [-0.15, -0.1) is 0 Å². The fourth-order valence-corrected chi connectivity index (χ4v) is 5.78. The Bertz CT molecular complexity index is 1160. The van der Waals surface area contributed by atoms with Crippen molar-refractivity contribution in [3.05, 3.63) is 67.6 Å². The molecule has 2 aromatic carbocycles. The molecular formula is C28H32Cl4N2O3. The molecule has 0 amide bonds. The van der Waals surface area contributed by atoms with Crippen molar-refractivity contribution in [3.8, 4) is 0 Å². The van der Waals surface area contributed by atoms with Crippen molar-refractivity contribution < 1.29 is 14.4 Å². The number of hydrogen-bond acceptors (Lipinski definition) is 5. The highest BCUT2D eigenvalue weighted by atomic mass is 35.5. The van der Waals surface area contributed by atoms with Gasteiger partial charge in [-0.05, 0) is 68.6 Å². The SMILES string of the molecule is CCCC1(C(=O)c2ccc(Cl)c(Cl)c2)CC(=O)CN1.CCCC1(C(=O)c2ccc(Cl)c(Cl)c2)CCCN1. The first-order valence-electron chi connectivity index (χ1n) is 12.6. The molecule has 0 radical (unpaired) electrons. The number of Topliss-reactive ketones (excluding diaryl/α,β-unsaturated/α-hetero) is 3. The van der Waals surface area contributed by atoms with Crippen molar-refractivity contribution in [1.29, 1.82) is 0 Å². The van der Waals surface area contributed by atoms with E-state index >= 15 is 0 Å². The van der Waals surface area contributed by atoms with Gasteiger partial charge in [0.2, 0.25) is 0 Å². The lowest BCUT2D eigenvalue weighted by Gasteiger charge is -2.27. The summed E-state index contributed by atoms with van der Waals surface area (Å²) in [5, 5.41) is 8.14. The third-order valence-electron chi connectivity index (χ3n) is 6.95. The number of nitrogens with one attached hydrogen (secondary N) is 2. The van der Waals surface area contributed by atoms with Crippen LogP contribution in [0.4, 0.5) is 0 Å². The lowest BCUT2D eigenvalue weighted by atomic mass is 9.84. The molecule has 2 aliphatic heterocycles. The summed E-state index contributed by atoms with van der Waals surface area (Å²) in [5.74, 6) is 0.126. The van der Waals surface area contributed by atoms with Crippen LogP contribution in [0.15, 0.2) is 36.4 Å². The summed E-state index contributed by atoms with van der Waals surface area (Å²) in [4.78, 5) is 36.8. The highest BCUT2D eigenvalue weighted by Gasteiger charge is 2.44. The molecule has 4 rings (SSSR count). The van der Waals surface area contributed by atoms with Crippen molar-refractivity contribution in [3.63, 3.8) is 0 Å². The van der Waals surface area contributed by atoms with E-state index in [9.17, 15) is 14.4 Å². The first-order valence-corrected chi connectivity index (χ1v) is 14.1. The fourth-order valence-electron chi connectivity index (χ4n) is 5.19. The number of halogens is 4. The average molecular weight is 586 g/mol. The van der Waals surface area contributed by atoms with Gasteiger partial charge in [-0.1, -0.05) is 73.1 Å². The van der Waals surface area contributed by atoms with Crippen molar-refractivity contribution >= 4 is 63.8 Å². The summed E-state index contributed by atoms with van der Waals surface area (Å²) in [6.07, 6.45) is 5.52. The number of hydrogen-bond donors (Lipinski definition) is 2. The Labute approximate surface area is 238 Å². The lowest BCUT2D eigenvalue weighted by Crippen LogP contribution is -2.47. The number of carbonyl (C=O) groups is 3. The van der Waals surface area contributed by atoms with Crippen LogP contribution in [0.2, 0.25) is 20.1 Å². The summed E-state index contributed by atoms with van der Waals surface area (Å²) in [6.45, 7) is 5.26. The number of carbonyl (C=O) groups excluding carboxylic acids is 3. The van der Waals surface area contributed by atoms with Gasteiger partial charge in [0.05, 0.1) is 37.7 Å². The Balaban J connectivity index is 0.000000206. The molecule has 0 spiro atoms. The Morgan fingerprint density at radius 3 is 1.70 bits per heavy atom. The minimum atomic E-state index is -0.775. The second kappa shape index (κ2) is 13.1. The van der Waals surface area contributed by atoms with Gasteiger partial charge in [-0.2, -0.15) is 0 Å². The molecule has 5 nitrogen and oxygen atoms in total. The Hall–Kier alpha value is -1.47. The van der Waals surface area contributed by atoms with Crippen LogP contribution in [0.25, 0.3) is 0 Å². The highest BCUT2D eigenvalue weighted by Crippen LogP contribution is 2.32. The maximum Gasteiger partial charge on any atom is 0.183 e. The summed E-state index contributed by atoms with van der Waals surface area (Å²) < 4.78 is 0. The largest absolute Gasteiger partial charge is 0.305 e. The predicted octanol–water partition coefficient (Wildman–Crippen LogP) is 7.38. The van der Waals surface area contributed by atoms with Crippen LogP contribution in [0, 0.1) is 0 Å². The molecule has 0 aliphatic carbocycles. The van der Waals surface area contributed by atoms with Crippen LogP contribution in [0.3, 0.4) is 0 Å². The minimum absolute atomic E-state index is 0.0712. The molecule has 200 valence electrons. The maximum atomic E-state index is 12.7. The van der Waals surface area contributed by atoms with E-state index in [1.807, 2.05) is 6.92 Å². The topological polar surface area (TPSA) is 75.3 Å². The fraction of sp³-hybridized carbons (Fsp3) is 0.464. The molecule has 37 heavy (non-hydrogen) atoms. The van der Waals surface area contributed by atoms with Gasteiger partial charge < -0.3 is 5.32 Å². The predicted molar refractivity (Wildman–Crippen MR) is 152 cm³/mol. The van der Waals surface area contributed by atoms with Gasteiger partial charge in [0.15, 0.2) is 11.6 Å². The summed E-state index contributed by atoms with van der Waals surface area (Å²) >= 11 is 23.7. The van der Waals surface area contributed by atoms with E-state index in [-0.39, 0.29) is 30.3 Å². The molecule has 2 heterocycles. The van der Waals surface area contributed by atoms with E-state index in [1.165, 1.54) is 0 Å². The third kappa shape index (κ3) is 6.95. The zero-order valence-electron chi connectivity index (χ0n) is 21.1. The molecule has 2 fully saturated rings. The molecule has 0 aromatic heterocycles. The van der Waals surface area contributed by atoms with Gasteiger partial charge in [-0.25, -0.2) is 0 Å². The quantitative estimate of drug-likeness (QED) is 0.316. The standard InChI is InChI=1S/C14H15Cl2NO2.C14H17Cl2NO/c1-2-5-14(7-10(18)8-17-14)13(19)9-3-4-11(15)12(16)6-9;1-2-6-14(7-3-8-17-14)13(18)10-4-5-11(15)12(16)9-10/h3-4,6,17H,2,5,7-8H2,1H3;4-5,9,17H,2-3,6-8H2,1H3. The molecule has 2 atom stereocenters. The summed E-state index contributed by atoms with van der Waals surface area (Å²) in [7, 11) is 0. The van der Waals surface area contributed by atoms with Crippen LogP contribution in [0.5, 0.6) is 0 Å². The van der Waals surface area contributed by atoms with E-state index in [2.05, 4.69) is 17.6 Å². The maximum absolute atomic E-state index is 12.7. The molecule has 2 aromatic rings. The molecular weight excluding hydrogens is 554 g/mol. The number of ketones is 3. The van der Waals surface area contributed by atoms with Crippen LogP contribution in [-0.2, 0) is 4.79 Å². The van der Waals surface area contributed by atoms with Crippen LogP contribution in [0.1, 0.15) is 79.5 Å². The first kappa shape index (κ1) is 30.1. The summed E-state index contributed by atoms with van der Waals surface area (Å²) in [5.41, 5.74) is -0.0353. The molecule has 2 saturated heterocycles. The molecule has 9 heteroatoms. The van der Waals surface area contributed by atoms with E-state index in [0.717, 1.165) is 38.6 Å². The molecule has 2 aliphatic rings. The first-order chi connectivity index (χ1) is 17.6. The van der Waals surface area contributed by atoms with Gasteiger partial charge in [0.1, 0.15) is 5.78 Å². The third-order valence-corrected chi connectivity index (χ3v) is 8.43. The van der Waals surface area contributed by atoms with E-state index in [0.29, 0.717) is 37.6 Å². The number of rotatable bonds is 8. The van der Waals surface area contributed by atoms with Gasteiger partial charge in [0.25, 0.3) is 0 Å². The average Bonchev–Trinajstić information content (AvgIpc) is 3.50. The van der Waals surface area contributed by atoms with Crippen LogP contribution >= 0.6 is 46.4 Å². The highest BCUT2D eigenvalue weighted by molar-refractivity contribution is 6.42.